The van der Waals surface area contributed by atoms with Crippen molar-refractivity contribution < 1.29 is 33.4 Å². The van der Waals surface area contributed by atoms with Crippen molar-refractivity contribution in [2.24, 2.45) is 0 Å². The average Bonchev–Trinajstić information content (AvgIpc) is 3.36. The molecule has 162 valence electrons. The Morgan fingerprint density at radius 1 is 0.939 bits per heavy atom. The number of aromatic nitrogens is 1. The van der Waals surface area contributed by atoms with Crippen LogP contribution in [-0.2, 0) is 4.74 Å². The van der Waals surface area contributed by atoms with Crippen LogP contribution in [0.4, 0.5) is 5.69 Å². The maximum atomic E-state index is 12.9. The van der Waals surface area contributed by atoms with Gasteiger partial charge in [0, 0.05) is 5.56 Å². The van der Waals surface area contributed by atoms with Crippen molar-refractivity contribution in [1.82, 2.24) is 4.98 Å². The number of hydrogen-bond acceptors (Lipinski definition) is 7. The summed E-state index contributed by atoms with van der Waals surface area (Å²) in [5.41, 5.74) is 2.08. The Bertz CT molecular complexity index is 1500. The number of fused-ring (bicyclic) bond motifs is 2. The molecule has 33 heavy (non-hydrogen) atoms. The van der Waals surface area contributed by atoms with Crippen LogP contribution in [0.3, 0.4) is 0 Å². The van der Waals surface area contributed by atoms with Crippen LogP contribution in [0.1, 0.15) is 41.4 Å². The van der Waals surface area contributed by atoms with Crippen molar-refractivity contribution in [2.45, 2.75) is 0 Å². The molecule has 9 nitrogen and oxygen atoms in total. The van der Waals surface area contributed by atoms with Gasteiger partial charge in [-0.1, -0.05) is 6.07 Å². The molecular weight excluding hydrogens is 428 g/mol. The molecule has 0 unspecified atom stereocenters. The fourth-order valence-corrected chi connectivity index (χ4v) is 3.68. The monoisotopic (exact) mass is 442 g/mol. The van der Waals surface area contributed by atoms with Gasteiger partial charge in [0.1, 0.15) is 5.52 Å². The van der Waals surface area contributed by atoms with E-state index in [1.807, 2.05) is 0 Å². The summed E-state index contributed by atoms with van der Waals surface area (Å²) in [5, 5.41) is 9.18. The maximum Gasteiger partial charge on any atom is 0.337 e. The van der Waals surface area contributed by atoms with Crippen LogP contribution >= 0.6 is 0 Å². The number of anilines is 1. The smallest absolute Gasteiger partial charge is 0.337 e. The van der Waals surface area contributed by atoms with Gasteiger partial charge in [-0.05, 0) is 54.6 Å². The van der Waals surface area contributed by atoms with Crippen molar-refractivity contribution >= 4 is 40.5 Å². The summed E-state index contributed by atoms with van der Waals surface area (Å²) >= 11 is 0. The average molecular weight is 442 g/mol. The van der Waals surface area contributed by atoms with Crippen LogP contribution in [-0.4, -0.2) is 41.0 Å². The maximum absolute atomic E-state index is 12.9. The van der Waals surface area contributed by atoms with E-state index in [4.69, 9.17) is 9.15 Å². The number of carbonyl (C=O) groups excluding carboxylic acids is 3. The molecule has 0 bridgehead atoms. The second-order valence-electron chi connectivity index (χ2n) is 7.25. The molecule has 1 aliphatic rings. The Hall–Kier alpha value is -4.79. The van der Waals surface area contributed by atoms with Gasteiger partial charge >= 0.3 is 11.9 Å². The van der Waals surface area contributed by atoms with Gasteiger partial charge < -0.3 is 14.3 Å². The number of benzene rings is 3. The molecule has 1 aromatic heterocycles. The number of aromatic carboxylic acids is 1. The van der Waals surface area contributed by atoms with E-state index >= 15 is 0 Å². The highest BCUT2D eigenvalue weighted by Crippen LogP contribution is 2.32. The SMILES string of the molecule is COC(=O)c1ccc2nc(-c3cccc(N4C(=O)c5ccc(C(=O)O)cc5C4=O)c3)oc2c1. The molecule has 0 saturated heterocycles. The molecule has 0 fully saturated rings. The largest absolute Gasteiger partial charge is 0.478 e. The quantitative estimate of drug-likeness (QED) is 0.374. The fraction of sp³-hybridized carbons (Fsp3) is 0.0417. The fourth-order valence-electron chi connectivity index (χ4n) is 3.68. The van der Waals surface area contributed by atoms with E-state index in [0.29, 0.717) is 22.2 Å². The minimum atomic E-state index is -1.19. The highest BCUT2D eigenvalue weighted by molar-refractivity contribution is 6.34. The molecule has 0 spiro atoms. The van der Waals surface area contributed by atoms with Crippen molar-refractivity contribution in [3.63, 3.8) is 0 Å². The first kappa shape index (κ1) is 20.1. The summed E-state index contributed by atoms with van der Waals surface area (Å²) in [6, 6.07) is 15.0. The Labute approximate surface area is 185 Å². The molecule has 9 heteroatoms. The van der Waals surface area contributed by atoms with Gasteiger partial charge in [0.25, 0.3) is 11.8 Å². The van der Waals surface area contributed by atoms with E-state index in [9.17, 15) is 24.3 Å². The predicted octanol–water partition coefficient (Wildman–Crippen LogP) is 3.78. The van der Waals surface area contributed by atoms with E-state index < -0.39 is 23.8 Å². The molecule has 0 radical (unpaired) electrons. The van der Waals surface area contributed by atoms with E-state index in [-0.39, 0.29) is 28.3 Å². The van der Waals surface area contributed by atoms with Crippen LogP contribution in [0.25, 0.3) is 22.6 Å². The normalized spacial score (nSPS) is 12.8. The molecule has 5 rings (SSSR count). The third kappa shape index (κ3) is 3.23. The van der Waals surface area contributed by atoms with Crippen LogP contribution in [0.2, 0.25) is 0 Å². The van der Waals surface area contributed by atoms with E-state index in [2.05, 4.69) is 4.98 Å². The topological polar surface area (TPSA) is 127 Å². The number of carboxylic acid groups (broad SMARTS) is 1. The zero-order chi connectivity index (χ0) is 23.3. The number of rotatable bonds is 4. The molecule has 0 aliphatic carbocycles. The van der Waals surface area contributed by atoms with Crippen LogP contribution < -0.4 is 4.90 Å². The second-order valence-corrected chi connectivity index (χ2v) is 7.25. The van der Waals surface area contributed by atoms with Gasteiger partial charge in [-0.25, -0.2) is 19.5 Å². The number of oxazole rings is 1. The van der Waals surface area contributed by atoms with Crippen LogP contribution in [0, 0.1) is 0 Å². The second kappa shape index (κ2) is 7.41. The van der Waals surface area contributed by atoms with Crippen molar-refractivity contribution in [2.75, 3.05) is 12.0 Å². The van der Waals surface area contributed by atoms with E-state index in [1.54, 1.807) is 36.4 Å². The summed E-state index contributed by atoms with van der Waals surface area (Å²) in [7, 11) is 1.28. The number of hydrogen-bond donors (Lipinski definition) is 1. The lowest BCUT2D eigenvalue weighted by atomic mass is 10.1. The lowest BCUT2D eigenvalue weighted by Crippen LogP contribution is -2.29. The minimum absolute atomic E-state index is 0.0301. The number of carboxylic acids is 1. The highest BCUT2D eigenvalue weighted by atomic mass is 16.5. The molecule has 2 amide bonds. The van der Waals surface area contributed by atoms with Gasteiger partial charge in [0.15, 0.2) is 5.58 Å². The minimum Gasteiger partial charge on any atom is -0.478 e. The van der Waals surface area contributed by atoms with Gasteiger partial charge in [-0.2, -0.15) is 0 Å². The van der Waals surface area contributed by atoms with Gasteiger partial charge in [0.05, 0.1) is 35.1 Å². The van der Waals surface area contributed by atoms with Crippen molar-refractivity contribution in [1.29, 1.82) is 0 Å². The number of carbonyl (C=O) groups is 4. The summed E-state index contributed by atoms with van der Waals surface area (Å²) in [5.74, 6) is -2.63. The van der Waals surface area contributed by atoms with E-state index in [0.717, 1.165) is 4.90 Å². The van der Waals surface area contributed by atoms with Gasteiger partial charge in [0.2, 0.25) is 5.89 Å². The molecule has 3 aromatic carbocycles. The van der Waals surface area contributed by atoms with Crippen LogP contribution in [0.15, 0.2) is 65.1 Å². The zero-order valence-corrected chi connectivity index (χ0v) is 17.1. The zero-order valence-electron chi connectivity index (χ0n) is 17.1. The number of nitrogens with zero attached hydrogens (tertiary/aromatic N) is 2. The van der Waals surface area contributed by atoms with Crippen molar-refractivity contribution in [3.8, 4) is 11.5 Å². The first-order chi connectivity index (χ1) is 15.9. The Balaban J connectivity index is 1.52. The lowest BCUT2D eigenvalue weighted by Gasteiger charge is -2.14. The van der Waals surface area contributed by atoms with E-state index in [1.165, 1.54) is 31.4 Å². The molecule has 0 atom stereocenters. The summed E-state index contributed by atoms with van der Waals surface area (Å²) in [6.45, 7) is 0. The molecule has 2 heterocycles. The first-order valence-corrected chi connectivity index (χ1v) is 9.73. The molecule has 4 aromatic rings. The number of methoxy groups -OCH3 is 1. The number of amides is 2. The molecule has 1 aliphatic heterocycles. The highest BCUT2D eigenvalue weighted by Gasteiger charge is 2.37. The lowest BCUT2D eigenvalue weighted by molar-refractivity contribution is 0.0599. The third-order valence-corrected chi connectivity index (χ3v) is 5.29. The van der Waals surface area contributed by atoms with Gasteiger partial charge in [-0.3, -0.25) is 9.59 Å². The number of esters is 1. The Kier molecular flexibility index (Phi) is 4.52. The summed E-state index contributed by atoms with van der Waals surface area (Å²) < 4.78 is 10.5. The third-order valence-electron chi connectivity index (χ3n) is 5.29. The molecular formula is C24H14N2O7. The standard InChI is InChI=1S/C24H14N2O7/c1-32-24(31)14-6-8-18-19(11-14)33-20(25-18)12-3-2-4-15(9-12)26-21(27)16-7-5-13(23(29)30)10-17(16)22(26)28/h2-11H,1H3,(H,29,30). The first-order valence-electron chi connectivity index (χ1n) is 9.73. The van der Waals surface area contributed by atoms with Crippen LogP contribution in [0.5, 0.6) is 0 Å². The summed E-state index contributed by atoms with van der Waals surface area (Å²) in [6.07, 6.45) is 0. The Morgan fingerprint density at radius 2 is 1.70 bits per heavy atom. The molecule has 1 N–H and O–H groups in total. The summed E-state index contributed by atoms with van der Waals surface area (Å²) in [4.78, 5) is 54.2. The van der Waals surface area contributed by atoms with Crippen molar-refractivity contribution in [3.05, 3.63) is 82.9 Å². The molecule has 0 saturated carbocycles. The number of ether oxygens (including phenoxy) is 1. The number of imide groups is 1. The Morgan fingerprint density at radius 3 is 2.45 bits per heavy atom. The van der Waals surface area contributed by atoms with Gasteiger partial charge in [-0.15, -0.1) is 0 Å². The predicted molar refractivity (Wildman–Crippen MR) is 115 cm³/mol.